The van der Waals surface area contributed by atoms with Crippen LogP contribution in [0.25, 0.3) is 0 Å². The van der Waals surface area contributed by atoms with Gasteiger partial charge in [-0.3, -0.25) is 0 Å². The minimum absolute atomic E-state index is 0.0818. The molecule has 0 aliphatic rings. The van der Waals surface area contributed by atoms with Gasteiger partial charge in [0.05, 0.1) is 0 Å². The Morgan fingerprint density at radius 3 is 2.22 bits per heavy atom. The maximum atomic E-state index is 12.6. The van der Waals surface area contributed by atoms with E-state index in [-0.39, 0.29) is 16.5 Å². The van der Waals surface area contributed by atoms with Crippen LogP contribution in [0.5, 0.6) is 11.5 Å². The van der Waals surface area contributed by atoms with E-state index in [4.69, 9.17) is 20.5 Å². The predicted octanol–water partition coefficient (Wildman–Crippen LogP) is 5.08. The van der Waals surface area contributed by atoms with Gasteiger partial charge in [-0.15, -0.1) is 11.6 Å². The molecular formula is C21H19ClO4S. The van der Waals surface area contributed by atoms with Gasteiger partial charge in [-0.25, -0.2) is 0 Å². The maximum absolute atomic E-state index is 12.6. The smallest absolute Gasteiger partial charge is 0.339 e. The molecule has 0 unspecified atom stereocenters. The monoisotopic (exact) mass is 402 g/mol. The van der Waals surface area contributed by atoms with Gasteiger partial charge in [0.1, 0.15) is 11.5 Å². The Labute approximate surface area is 164 Å². The van der Waals surface area contributed by atoms with Crippen molar-refractivity contribution >= 4 is 21.7 Å². The quantitative estimate of drug-likeness (QED) is 0.408. The molecule has 0 N–H and O–H groups in total. The molecule has 0 saturated heterocycles. The summed E-state index contributed by atoms with van der Waals surface area (Å²) in [6.07, 6.45) is 0. The lowest BCUT2D eigenvalue weighted by Crippen LogP contribution is -2.11. The van der Waals surface area contributed by atoms with Gasteiger partial charge < -0.3 is 8.92 Å². The van der Waals surface area contributed by atoms with Crippen LogP contribution in [0.2, 0.25) is 0 Å². The van der Waals surface area contributed by atoms with Crippen molar-refractivity contribution in [3.05, 3.63) is 89.5 Å². The molecule has 0 spiro atoms. The number of aryl methyl sites for hydroxylation is 1. The zero-order valence-corrected chi connectivity index (χ0v) is 16.3. The first-order valence-electron chi connectivity index (χ1n) is 8.35. The molecular weight excluding hydrogens is 384 g/mol. The highest BCUT2D eigenvalue weighted by Crippen LogP contribution is 2.32. The predicted molar refractivity (Wildman–Crippen MR) is 106 cm³/mol. The van der Waals surface area contributed by atoms with Crippen molar-refractivity contribution in [1.82, 2.24) is 0 Å². The van der Waals surface area contributed by atoms with Crippen LogP contribution in [0.4, 0.5) is 0 Å². The highest BCUT2D eigenvalue weighted by atomic mass is 35.5. The second-order valence-electron chi connectivity index (χ2n) is 6.04. The molecule has 0 bridgehead atoms. The molecule has 0 aliphatic carbocycles. The number of alkyl halides is 1. The molecule has 6 heteroatoms. The van der Waals surface area contributed by atoms with E-state index in [0.29, 0.717) is 12.4 Å². The molecule has 140 valence electrons. The van der Waals surface area contributed by atoms with Crippen LogP contribution in [0.15, 0.2) is 77.7 Å². The highest BCUT2D eigenvalue weighted by Gasteiger charge is 2.19. The maximum Gasteiger partial charge on any atom is 0.339 e. The summed E-state index contributed by atoms with van der Waals surface area (Å²) in [6.45, 7) is 2.18. The Kier molecular flexibility index (Phi) is 6.04. The zero-order valence-electron chi connectivity index (χ0n) is 14.8. The first kappa shape index (κ1) is 19.3. The summed E-state index contributed by atoms with van der Waals surface area (Å²) in [5.41, 5.74) is 2.66. The van der Waals surface area contributed by atoms with Crippen molar-refractivity contribution < 1.29 is 17.3 Å². The number of ether oxygens (including phenoxy) is 1. The van der Waals surface area contributed by atoms with Crippen molar-refractivity contribution in [3.8, 4) is 11.5 Å². The Morgan fingerprint density at radius 1 is 0.852 bits per heavy atom. The summed E-state index contributed by atoms with van der Waals surface area (Å²) < 4.78 is 36.4. The van der Waals surface area contributed by atoms with Gasteiger partial charge >= 0.3 is 10.1 Å². The molecule has 3 aromatic carbocycles. The molecule has 4 nitrogen and oxygen atoms in total. The van der Waals surface area contributed by atoms with Crippen molar-refractivity contribution in [2.45, 2.75) is 24.3 Å². The van der Waals surface area contributed by atoms with Crippen LogP contribution in [0, 0.1) is 6.92 Å². The van der Waals surface area contributed by atoms with Gasteiger partial charge in [-0.05, 0) is 42.3 Å². The van der Waals surface area contributed by atoms with Crippen molar-refractivity contribution in [1.29, 1.82) is 0 Å². The third-order valence-corrected chi connectivity index (χ3v) is 5.47. The van der Waals surface area contributed by atoms with Gasteiger partial charge in [0.2, 0.25) is 0 Å². The second-order valence-corrected chi connectivity index (χ2v) is 7.85. The SMILES string of the molecule is Cc1ccc(S(=O)(=O)Oc2cc(CCl)ccc2OCc2ccccc2)cc1. The highest BCUT2D eigenvalue weighted by molar-refractivity contribution is 7.87. The number of rotatable bonds is 7. The van der Waals surface area contributed by atoms with Crippen LogP contribution < -0.4 is 8.92 Å². The lowest BCUT2D eigenvalue weighted by molar-refractivity contribution is 0.296. The van der Waals surface area contributed by atoms with E-state index < -0.39 is 10.1 Å². The Hall–Kier alpha value is -2.50. The van der Waals surface area contributed by atoms with Crippen LogP contribution in [0.1, 0.15) is 16.7 Å². The normalized spacial score (nSPS) is 11.2. The second kappa shape index (κ2) is 8.46. The van der Waals surface area contributed by atoms with E-state index in [9.17, 15) is 8.42 Å². The molecule has 0 heterocycles. The van der Waals surface area contributed by atoms with Crippen LogP contribution in [-0.2, 0) is 22.6 Å². The summed E-state index contributed by atoms with van der Waals surface area (Å²) in [5.74, 6) is 0.688. The third-order valence-electron chi connectivity index (χ3n) is 3.91. The fourth-order valence-electron chi connectivity index (χ4n) is 2.43. The lowest BCUT2D eigenvalue weighted by atomic mass is 10.2. The Bertz CT molecular complexity index is 1000. The summed E-state index contributed by atoms with van der Waals surface area (Å²) >= 11 is 5.88. The summed E-state index contributed by atoms with van der Waals surface area (Å²) in [6, 6.07) is 21.1. The topological polar surface area (TPSA) is 52.6 Å². The molecule has 27 heavy (non-hydrogen) atoms. The third kappa shape index (κ3) is 5.02. The summed E-state index contributed by atoms with van der Waals surface area (Å²) in [4.78, 5) is 0.0818. The van der Waals surface area contributed by atoms with E-state index in [1.807, 2.05) is 37.3 Å². The Morgan fingerprint density at radius 2 is 1.56 bits per heavy atom. The van der Waals surface area contributed by atoms with Crippen molar-refractivity contribution in [2.24, 2.45) is 0 Å². The van der Waals surface area contributed by atoms with Gasteiger partial charge in [0.25, 0.3) is 0 Å². The molecule has 0 atom stereocenters. The van der Waals surface area contributed by atoms with Gasteiger partial charge in [0.15, 0.2) is 11.5 Å². The number of hydrogen-bond acceptors (Lipinski definition) is 4. The van der Waals surface area contributed by atoms with Gasteiger partial charge in [-0.1, -0.05) is 54.1 Å². The first-order chi connectivity index (χ1) is 13.0. The molecule has 0 fully saturated rings. The number of halogens is 1. The largest absolute Gasteiger partial charge is 0.485 e. The van der Waals surface area contributed by atoms with Crippen LogP contribution in [-0.4, -0.2) is 8.42 Å². The number of hydrogen-bond donors (Lipinski definition) is 0. The van der Waals surface area contributed by atoms with E-state index in [0.717, 1.165) is 16.7 Å². The van der Waals surface area contributed by atoms with E-state index >= 15 is 0 Å². The molecule has 0 amide bonds. The van der Waals surface area contributed by atoms with E-state index in [1.54, 1.807) is 30.3 Å². The standard InChI is InChI=1S/C21H19ClO4S/c1-16-7-10-19(11-8-16)27(23,24)26-21-13-18(14-22)9-12-20(21)25-15-17-5-3-2-4-6-17/h2-13H,14-15H2,1H3. The lowest BCUT2D eigenvalue weighted by Gasteiger charge is -2.14. The molecule has 0 aliphatic heterocycles. The van der Waals surface area contributed by atoms with Crippen LogP contribution >= 0.6 is 11.6 Å². The molecule has 3 rings (SSSR count). The average molecular weight is 403 g/mol. The molecule has 0 saturated carbocycles. The summed E-state index contributed by atoms with van der Waals surface area (Å²) in [7, 11) is -3.98. The fraction of sp³-hybridized carbons (Fsp3) is 0.143. The van der Waals surface area contributed by atoms with E-state index in [1.165, 1.54) is 12.1 Å². The minimum atomic E-state index is -3.98. The molecule has 0 aromatic heterocycles. The van der Waals surface area contributed by atoms with E-state index in [2.05, 4.69) is 0 Å². The van der Waals surface area contributed by atoms with Gasteiger partial charge in [-0.2, -0.15) is 8.42 Å². The van der Waals surface area contributed by atoms with Crippen LogP contribution in [0.3, 0.4) is 0 Å². The number of benzene rings is 3. The molecule has 0 radical (unpaired) electrons. The zero-order chi connectivity index (χ0) is 19.3. The average Bonchev–Trinajstić information content (AvgIpc) is 2.68. The van der Waals surface area contributed by atoms with Crippen molar-refractivity contribution in [2.75, 3.05) is 0 Å². The first-order valence-corrected chi connectivity index (χ1v) is 10.3. The molecule has 3 aromatic rings. The fourth-order valence-corrected chi connectivity index (χ4v) is 3.53. The Balaban J connectivity index is 1.87. The van der Waals surface area contributed by atoms with Gasteiger partial charge in [0, 0.05) is 5.88 Å². The summed E-state index contributed by atoms with van der Waals surface area (Å²) in [5, 5.41) is 0. The van der Waals surface area contributed by atoms with Crippen molar-refractivity contribution in [3.63, 3.8) is 0 Å². The minimum Gasteiger partial charge on any atom is -0.485 e.